The van der Waals surface area contributed by atoms with E-state index in [-0.39, 0.29) is 16.7 Å². The number of halogens is 3. The van der Waals surface area contributed by atoms with Crippen LogP contribution in [0.15, 0.2) is 47.4 Å². The van der Waals surface area contributed by atoms with Gasteiger partial charge in [-0.3, -0.25) is 4.79 Å². The molecule has 1 fully saturated rings. The van der Waals surface area contributed by atoms with Crippen molar-refractivity contribution in [3.05, 3.63) is 58.6 Å². The van der Waals surface area contributed by atoms with Gasteiger partial charge in [-0.1, -0.05) is 6.07 Å². The van der Waals surface area contributed by atoms with Crippen LogP contribution in [0.1, 0.15) is 47.6 Å². The van der Waals surface area contributed by atoms with Crippen LogP contribution in [-0.4, -0.2) is 42.0 Å². The number of amides is 1. The van der Waals surface area contributed by atoms with Crippen molar-refractivity contribution in [1.29, 1.82) is 0 Å². The summed E-state index contributed by atoms with van der Waals surface area (Å²) in [4.78, 5) is 18.8. The van der Waals surface area contributed by atoms with Crippen LogP contribution in [0.3, 0.4) is 0 Å². The molecule has 0 spiro atoms. The van der Waals surface area contributed by atoms with Gasteiger partial charge in [-0.05, 0) is 75.9 Å². The Morgan fingerprint density at radius 2 is 1.76 bits per heavy atom. The molecule has 0 atom stereocenters. The summed E-state index contributed by atoms with van der Waals surface area (Å²) in [5, 5.41) is 0.921. The number of aromatic nitrogens is 1. The lowest BCUT2D eigenvalue weighted by molar-refractivity contribution is -0.137. The quantitative estimate of drug-likeness (QED) is 0.450. The highest BCUT2D eigenvalue weighted by Gasteiger charge is 2.45. The van der Waals surface area contributed by atoms with Crippen LogP contribution in [0.4, 0.5) is 13.2 Å². The molecule has 1 aliphatic rings. The molecule has 0 bridgehead atoms. The predicted molar refractivity (Wildman–Crippen MR) is 126 cm³/mol. The van der Waals surface area contributed by atoms with Crippen LogP contribution in [0.5, 0.6) is 0 Å². The van der Waals surface area contributed by atoms with Crippen molar-refractivity contribution < 1.29 is 26.4 Å². The van der Waals surface area contributed by atoms with E-state index in [2.05, 4.69) is 4.98 Å². The number of piperidine rings is 1. The lowest BCUT2D eigenvalue weighted by atomic mass is 9.85. The molecule has 2 aromatic carbocycles. The number of alkyl halides is 3. The first-order valence-electron chi connectivity index (χ1n) is 10.9. The average molecular weight is 511 g/mol. The summed E-state index contributed by atoms with van der Waals surface area (Å²) in [5.41, 5.74) is 0.419. The van der Waals surface area contributed by atoms with E-state index in [1.165, 1.54) is 17.4 Å². The van der Waals surface area contributed by atoms with Crippen LogP contribution in [0.25, 0.3) is 10.2 Å². The Morgan fingerprint density at radius 3 is 2.41 bits per heavy atom. The van der Waals surface area contributed by atoms with E-state index in [4.69, 9.17) is 0 Å². The van der Waals surface area contributed by atoms with Crippen molar-refractivity contribution in [3.63, 3.8) is 0 Å². The standard InChI is InChI=1S/C24H25F3N2O3S2/c1-15-28-20-8-7-16(13-21(20)33-15)22(30)29-11-9-17(10-12-29)23(2,3)34(31,32)19-6-4-5-18(14-19)24(25,26)27/h4-8,13-14,17H,9-12H2,1-3H3. The van der Waals surface area contributed by atoms with Gasteiger partial charge >= 0.3 is 6.18 Å². The van der Waals surface area contributed by atoms with Gasteiger partial charge in [-0.2, -0.15) is 13.2 Å². The van der Waals surface area contributed by atoms with Crippen molar-refractivity contribution in [2.45, 2.75) is 49.4 Å². The molecule has 1 aromatic heterocycles. The number of benzene rings is 2. The predicted octanol–water partition coefficient (Wildman–Crippen LogP) is 5.73. The minimum atomic E-state index is -4.62. The minimum absolute atomic E-state index is 0.120. The van der Waals surface area contributed by atoms with Crippen LogP contribution >= 0.6 is 11.3 Å². The summed E-state index contributed by atoms with van der Waals surface area (Å²) in [7, 11) is -4.04. The molecule has 5 nitrogen and oxygen atoms in total. The fourth-order valence-electron chi connectivity index (χ4n) is 4.50. The lowest BCUT2D eigenvalue weighted by Crippen LogP contribution is -2.47. The van der Waals surface area contributed by atoms with Crippen molar-refractivity contribution in [2.24, 2.45) is 5.92 Å². The first-order chi connectivity index (χ1) is 15.8. The zero-order chi connectivity index (χ0) is 24.9. The van der Waals surface area contributed by atoms with Crippen LogP contribution < -0.4 is 0 Å². The number of thiazole rings is 1. The summed E-state index contributed by atoms with van der Waals surface area (Å²) in [5.74, 6) is -0.423. The third kappa shape index (κ3) is 4.45. The first kappa shape index (κ1) is 24.7. The molecule has 4 rings (SSSR count). The van der Waals surface area contributed by atoms with E-state index in [1.807, 2.05) is 19.1 Å². The fraction of sp³-hybridized carbons (Fsp3) is 0.417. The SMILES string of the molecule is Cc1nc2ccc(C(=O)N3CCC(C(C)(C)S(=O)(=O)c4cccc(C(F)(F)F)c4)CC3)cc2s1. The summed E-state index contributed by atoms with van der Waals surface area (Å²) >= 11 is 1.52. The minimum Gasteiger partial charge on any atom is -0.339 e. The maximum Gasteiger partial charge on any atom is 0.416 e. The van der Waals surface area contributed by atoms with Gasteiger partial charge in [0.15, 0.2) is 9.84 Å². The second-order valence-corrected chi connectivity index (χ2v) is 12.9. The molecule has 3 aromatic rings. The molecule has 0 radical (unpaired) electrons. The molecular weight excluding hydrogens is 485 g/mol. The second-order valence-electron chi connectivity index (χ2n) is 9.11. The Morgan fingerprint density at radius 1 is 1.09 bits per heavy atom. The number of carbonyl (C=O) groups excluding carboxylic acids is 1. The third-order valence-corrected chi connectivity index (χ3v) is 10.2. The molecule has 0 aliphatic carbocycles. The fourth-order valence-corrected chi connectivity index (χ4v) is 7.18. The number of fused-ring (bicyclic) bond motifs is 1. The molecule has 1 amide bonds. The number of hydrogen-bond acceptors (Lipinski definition) is 5. The number of hydrogen-bond donors (Lipinski definition) is 0. The monoisotopic (exact) mass is 510 g/mol. The van der Waals surface area contributed by atoms with Crippen molar-refractivity contribution in [2.75, 3.05) is 13.1 Å². The van der Waals surface area contributed by atoms with Gasteiger partial charge in [-0.25, -0.2) is 13.4 Å². The Balaban J connectivity index is 1.49. The molecule has 182 valence electrons. The lowest BCUT2D eigenvalue weighted by Gasteiger charge is -2.40. The Bertz CT molecular complexity index is 1340. The molecule has 2 heterocycles. The van der Waals surface area contributed by atoms with Gasteiger partial charge in [0.05, 0.1) is 30.4 Å². The number of nitrogens with zero attached hydrogens (tertiary/aromatic N) is 2. The van der Waals surface area contributed by atoms with Gasteiger partial charge in [0, 0.05) is 18.7 Å². The first-order valence-corrected chi connectivity index (χ1v) is 13.2. The Hall–Kier alpha value is -2.46. The summed E-state index contributed by atoms with van der Waals surface area (Å²) < 4.78 is 65.7. The second kappa shape index (κ2) is 8.64. The highest BCUT2D eigenvalue weighted by Crippen LogP contribution is 2.39. The van der Waals surface area contributed by atoms with Gasteiger partial charge in [0.1, 0.15) is 0 Å². The number of sulfone groups is 1. The topological polar surface area (TPSA) is 67.3 Å². The Labute approximate surface area is 200 Å². The average Bonchev–Trinajstić information content (AvgIpc) is 3.17. The van der Waals surface area contributed by atoms with Gasteiger partial charge in [0.25, 0.3) is 5.91 Å². The van der Waals surface area contributed by atoms with Gasteiger partial charge < -0.3 is 4.90 Å². The molecule has 34 heavy (non-hydrogen) atoms. The van der Waals surface area contributed by atoms with E-state index in [9.17, 15) is 26.4 Å². The van der Waals surface area contributed by atoms with Crippen molar-refractivity contribution in [3.8, 4) is 0 Å². The van der Waals surface area contributed by atoms with Crippen LogP contribution in [-0.2, 0) is 16.0 Å². The smallest absolute Gasteiger partial charge is 0.339 e. The Kier molecular flexibility index (Phi) is 6.27. The van der Waals surface area contributed by atoms with E-state index < -0.39 is 26.3 Å². The number of rotatable bonds is 4. The third-order valence-electron chi connectivity index (χ3n) is 6.67. The van der Waals surface area contributed by atoms with E-state index in [0.717, 1.165) is 27.4 Å². The van der Waals surface area contributed by atoms with E-state index in [0.29, 0.717) is 37.6 Å². The summed E-state index contributed by atoms with van der Waals surface area (Å²) in [6.07, 6.45) is -3.74. The van der Waals surface area contributed by atoms with Gasteiger partial charge in [-0.15, -0.1) is 11.3 Å². The number of aryl methyl sites for hydroxylation is 1. The highest BCUT2D eigenvalue weighted by atomic mass is 32.2. The van der Waals surface area contributed by atoms with E-state index >= 15 is 0 Å². The highest BCUT2D eigenvalue weighted by molar-refractivity contribution is 7.92. The maximum atomic E-state index is 13.3. The normalized spacial score (nSPS) is 16.2. The zero-order valence-corrected chi connectivity index (χ0v) is 20.6. The number of carbonyl (C=O) groups is 1. The molecule has 1 aliphatic heterocycles. The molecule has 1 saturated heterocycles. The molecular formula is C24H25F3N2O3S2. The molecule has 10 heteroatoms. The molecule has 0 N–H and O–H groups in total. The van der Waals surface area contributed by atoms with Crippen molar-refractivity contribution >= 4 is 37.3 Å². The maximum absolute atomic E-state index is 13.3. The molecule has 0 saturated carbocycles. The molecule has 0 unspecified atom stereocenters. The van der Waals surface area contributed by atoms with Crippen LogP contribution in [0.2, 0.25) is 0 Å². The van der Waals surface area contributed by atoms with E-state index in [1.54, 1.807) is 24.8 Å². The van der Waals surface area contributed by atoms with Crippen LogP contribution in [0, 0.1) is 12.8 Å². The largest absolute Gasteiger partial charge is 0.416 e. The summed E-state index contributed by atoms with van der Waals surface area (Å²) in [6.45, 7) is 5.79. The zero-order valence-electron chi connectivity index (χ0n) is 19.0. The van der Waals surface area contributed by atoms with Gasteiger partial charge in [0.2, 0.25) is 0 Å². The van der Waals surface area contributed by atoms with Crippen molar-refractivity contribution in [1.82, 2.24) is 9.88 Å². The number of likely N-dealkylation sites (tertiary alicyclic amines) is 1. The summed E-state index contributed by atoms with van der Waals surface area (Å²) in [6, 6.07) is 9.29.